The van der Waals surface area contributed by atoms with Gasteiger partial charge in [0, 0.05) is 5.02 Å². The zero-order valence-electron chi connectivity index (χ0n) is 10.1. The SMILES string of the molecule is FC(F)(F)c1cc(C=Cc2ccc(Cl)cc2)ccc1Cl. The minimum Gasteiger partial charge on any atom is -0.166 e. The van der Waals surface area contributed by atoms with E-state index in [9.17, 15) is 13.2 Å². The zero-order valence-corrected chi connectivity index (χ0v) is 11.6. The van der Waals surface area contributed by atoms with Crippen LogP contribution in [0.15, 0.2) is 42.5 Å². The van der Waals surface area contributed by atoms with Crippen LogP contribution in [-0.4, -0.2) is 0 Å². The lowest BCUT2D eigenvalue weighted by atomic mass is 10.1. The summed E-state index contributed by atoms with van der Waals surface area (Å²) in [5, 5.41) is 0.300. The fraction of sp³-hybridized carbons (Fsp3) is 0.0667. The smallest absolute Gasteiger partial charge is 0.166 e. The molecule has 0 amide bonds. The maximum absolute atomic E-state index is 12.7. The molecule has 0 aliphatic carbocycles. The summed E-state index contributed by atoms with van der Waals surface area (Å²) in [5.74, 6) is 0. The van der Waals surface area contributed by atoms with Crippen LogP contribution in [0.1, 0.15) is 16.7 Å². The van der Waals surface area contributed by atoms with Crippen molar-refractivity contribution < 1.29 is 13.2 Å². The van der Waals surface area contributed by atoms with E-state index in [2.05, 4.69) is 0 Å². The first-order valence-electron chi connectivity index (χ1n) is 5.66. The molecule has 20 heavy (non-hydrogen) atoms. The molecule has 0 saturated carbocycles. The van der Waals surface area contributed by atoms with Gasteiger partial charge >= 0.3 is 6.18 Å². The molecule has 2 rings (SSSR count). The van der Waals surface area contributed by atoms with Crippen LogP contribution in [0.5, 0.6) is 0 Å². The third-order valence-electron chi connectivity index (χ3n) is 2.63. The lowest BCUT2D eigenvalue weighted by Crippen LogP contribution is -2.05. The number of hydrogen-bond acceptors (Lipinski definition) is 0. The highest BCUT2D eigenvalue weighted by atomic mass is 35.5. The van der Waals surface area contributed by atoms with Gasteiger partial charge in [0.25, 0.3) is 0 Å². The maximum Gasteiger partial charge on any atom is 0.417 e. The van der Waals surface area contributed by atoms with Gasteiger partial charge in [0.15, 0.2) is 0 Å². The number of alkyl halides is 3. The van der Waals surface area contributed by atoms with E-state index in [1.165, 1.54) is 12.1 Å². The molecule has 0 aliphatic heterocycles. The van der Waals surface area contributed by atoms with Crippen molar-refractivity contribution in [1.82, 2.24) is 0 Å². The fourth-order valence-corrected chi connectivity index (χ4v) is 1.98. The van der Waals surface area contributed by atoms with E-state index in [1.807, 2.05) is 0 Å². The molecule has 0 radical (unpaired) electrons. The Morgan fingerprint density at radius 3 is 1.95 bits per heavy atom. The molecule has 0 aliphatic rings. The number of rotatable bonds is 2. The van der Waals surface area contributed by atoms with Crippen LogP contribution in [0.2, 0.25) is 10.0 Å². The maximum atomic E-state index is 12.7. The van der Waals surface area contributed by atoms with Crippen molar-refractivity contribution in [2.45, 2.75) is 6.18 Å². The third kappa shape index (κ3) is 3.78. The van der Waals surface area contributed by atoms with Crippen molar-refractivity contribution in [3.05, 3.63) is 69.2 Å². The molecule has 0 saturated heterocycles. The Bertz CT molecular complexity index is 629. The summed E-state index contributed by atoms with van der Waals surface area (Å²) >= 11 is 11.3. The summed E-state index contributed by atoms with van der Waals surface area (Å²) in [6.07, 6.45) is -1.16. The van der Waals surface area contributed by atoms with Gasteiger partial charge in [-0.15, -0.1) is 0 Å². The molecule has 0 spiro atoms. The van der Waals surface area contributed by atoms with Gasteiger partial charge in [-0.05, 0) is 35.4 Å². The Morgan fingerprint density at radius 1 is 0.800 bits per heavy atom. The summed E-state index contributed by atoms with van der Waals surface area (Å²) in [4.78, 5) is 0. The largest absolute Gasteiger partial charge is 0.417 e. The summed E-state index contributed by atoms with van der Waals surface area (Å²) in [6.45, 7) is 0. The predicted octanol–water partition coefficient (Wildman–Crippen LogP) is 6.18. The number of hydrogen-bond donors (Lipinski definition) is 0. The molecule has 0 heterocycles. The molecule has 5 heteroatoms. The fourth-order valence-electron chi connectivity index (χ4n) is 1.63. The van der Waals surface area contributed by atoms with Crippen molar-refractivity contribution >= 4 is 35.4 Å². The first kappa shape index (κ1) is 14.9. The van der Waals surface area contributed by atoms with Gasteiger partial charge in [-0.1, -0.05) is 53.6 Å². The molecule has 0 atom stereocenters. The van der Waals surface area contributed by atoms with Crippen LogP contribution in [-0.2, 0) is 6.18 Å². The Morgan fingerprint density at radius 2 is 1.35 bits per heavy atom. The van der Waals surface area contributed by atoms with Crippen LogP contribution in [0.4, 0.5) is 13.2 Å². The lowest BCUT2D eigenvalue weighted by molar-refractivity contribution is -0.137. The molecule has 0 fully saturated rings. The van der Waals surface area contributed by atoms with Crippen molar-refractivity contribution in [2.75, 3.05) is 0 Å². The molecule has 0 unspecified atom stereocenters. The van der Waals surface area contributed by atoms with Gasteiger partial charge in [-0.2, -0.15) is 13.2 Å². The molecule has 0 nitrogen and oxygen atoms in total. The van der Waals surface area contributed by atoms with Crippen molar-refractivity contribution in [3.63, 3.8) is 0 Å². The molecular weight excluding hydrogens is 308 g/mol. The molecule has 104 valence electrons. The summed E-state index contributed by atoms with van der Waals surface area (Å²) in [6, 6.07) is 10.8. The van der Waals surface area contributed by atoms with Crippen molar-refractivity contribution in [2.24, 2.45) is 0 Å². The van der Waals surface area contributed by atoms with Crippen LogP contribution in [0.3, 0.4) is 0 Å². The van der Waals surface area contributed by atoms with Gasteiger partial charge < -0.3 is 0 Å². The third-order valence-corrected chi connectivity index (χ3v) is 3.22. The van der Waals surface area contributed by atoms with Gasteiger partial charge in [0.1, 0.15) is 0 Å². The lowest BCUT2D eigenvalue weighted by Gasteiger charge is -2.09. The van der Waals surface area contributed by atoms with E-state index in [-0.39, 0.29) is 5.02 Å². The first-order chi connectivity index (χ1) is 9.36. The number of halogens is 5. The van der Waals surface area contributed by atoms with E-state index < -0.39 is 11.7 Å². The Hall–Kier alpha value is -1.45. The van der Waals surface area contributed by atoms with Gasteiger partial charge in [0.05, 0.1) is 10.6 Å². The standard InChI is InChI=1S/C15H9Cl2F3/c16-12-6-3-10(4-7-12)1-2-11-5-8-14(17)13(9-11)15(18,19)20/h1-9H. The molecule has 0 bridgehead atoms. The van der Waals surface area contributed by atoms with E-state index in [4.69, 9.17) is 23.2 Å². The van der Waals surface area contributed by atoms with Gasteiger partial charge in [0.2, 0.25) is 0 Å². The topological polar surface area (TPSA) is 0 Å². The average molecular weight is 317 g/mol. The van der Waals surface area contributed by atoms with Crippen LogP contribution >= 0.6 is 23.2 Å². The quantitative estimate of drug-likeness (QED) is 0.580. The van der Waals surface area contributed by atoms with Gasteiger partial charge in [-0.3, -0.25) is 0 Å². The number of benzene rings is 2. The Labute approximate surface area is 124 Å². The monoisotopic (exact) mass is 316 g/mol. The minimum absolute atomic E-state index is 0.304. The second kappa shape index (κ2) is 5.90. The second-order valence-electron chi connectivity index (χ2n) is 4.12. The molecule has 0 N–H and O–H groups in total. The van der Waals surface area contributed by atoms with E-state index in [1.54, 1.807) is 36.4 Å². The Kier molecular flexibility index (Phi) is 4.41. The summed E-state index contributed by atoms with van der Waals surface area (Å²) in [5.41, 5.74) is 0.437. The molecule has 2 aromatic carbocycles. The average Bonchev–Trinajstić information content (AvgIpc) is 2.38. The second-order valence-corrected chi connectivity index (χ2v) is 4.97. The molecule has 0 aromatic heterocycles. The van der Waals surface area contributed by atoms with Gasteiger partial charge in [-0.25, -0.2) is 0 Å². The van der Waals surface area contributed by atoms with Crippen molar-refractivity contribution in [1.29, 1.82) is 0 Å². The highest BCUT2D eigenvalue weighted by Crippen LogP contribution is 2.35. The predicted molar refractivity (Wildman–Crippen MR) is 76.8 cm³/mol. The highest BCUT2D eigenvalue weighted by Gasteiger charge is 2.33. The van der Waals surface area contributed by atoms with E-state index in [0.29, 0.717) is 10.6 Å². The molecular formula is C15H9Cl2F3. The summed E-state index contributed by atoms with van der Waals surface area (Å²) in [7, 11) is 0. The zero-order chi connectivity index (χ0) is 14.8. The van der Waals surface area contributed by atoms with Crippen molar-refractivity contribution in [3.8, 4) is 0 Å². The minimum atomic E-state index is -4.46. The van der Waals surface area contributed by atoms with E-state index >= 15 is 0 Å². The Balaban J connectivity index is 2.28. The van der Waals surface area contributed by atoms with Crippen LogP contribution in [0.25, 0.3) is 12.2 Å². The first-order valence-corrected chi connectivity index (χ1v) is 6.42. The highest BCUT2D eigenvalue weighted by molar-refractivity contribution is 6.31. The molecule has 2 aromatic rings. The van der Waals surface area contributed by atoms with E-state index in [0.717, 1.165) is 11.6 Å². The van der Waals surface area contributed by atoms with Crippen LogP contribution in [0, 0.1) is 0 Å². The van der Waals surface area contributed by atoms with Crippen LogP contribution < -0.4 is 0 Å². The normalized spacial score (nSPS) is 12.1. The summed E-state index contributed by atoms with van der Waals surface area (Å²) < 4.78 is 38.1.